The average Bonchev–Trinajstić information content (AvgIpc) is 2.54. The molecule has 112 valence electrons. The van der Waals surface area contributed by atoms with Crippen molar-refractivity contribution < 1.29 is 0 Å². The third-order valence-electron chi connectivity index (χ3n) is 4.34. The minimum atomic E-state index is 0.404. The van der Waals surface area contributed by atoms with E-state index in [1.54, 1.807) is 0 Å². The quantitative estimate of drug-likeness (QED) is 0.799. The van der Waals surface area contributed by atoms with Crippen molar-refractivity contribution in [1.82, 2.24) is 10.3 Å². The maximum atomic E-state index is 4.24. The highest BCUT2D eigenvalue weighted by Gasteiger charge is 2.19. The lowest BCUT2D eigenvalue weighted by molar-refractivity contribution is 0.339. The highest BCUT2D eigenvalue weighted by atomic mass is 14.9. The van der Waals surface area contributed by atoms with Gasteiger partial charge in [0.25, 0.3) is 0 Å². The zero-order chi connectivity index (χ0) is 15.1. The molecule has 21 heavy (non-hydrogen) atoms. The maximum absolute atomic E-state index is 4.24. The first-order valence-corrected chi connectivity index (χ1v) is 7.94. The number of benzene rings is 1. The van der Waals surface area contributed by atoms with E-state index in [1.165, 1.54) is 29.5 Å². The van der Waals surface area contributed by atoms with Crippen LogP contribution < -0.4 is 5.32 Å². The molecule has 1 N–H and O–H groups in total. The fraction of sp³-hybridized carbons (Fsp3) is 0.421. The van der Waals surface area contributed by atoms with Gasteiger partial charge in [0.15, 0.2) is 0 Å². The number of pyridine rings is 1. The van der Waals surface area contributed by atoms with Gasteiger partial charge in [-0.2, -0.15) is 0 Å². The van der Waals surface area contributed by atoms with Crippen LogP contribution >= 0.6 is 0 Å². The molecule has 0 saturated carbocycles. The van der Waals surface area contributed by atoms with Crippen LogP contribution in [0.1, 0.15) is 49.4 Å². The lowest BCUT2D eigenvalue weighted by Crippen LogP contribution is -2.28. The molecule has 1 aromatic carbocycles. The minimum absolute atomic E-state index is 0.404. The Morgan fingerprint density at radius 3 is 2.38 bits per heavy atom. The van der Waals surface area contributed by atoms with Gasteiger partial charge in [0.1, 0.15) is 0 Å². The van der Waals surface area contributed by atoms with Gasteiger partial charge in [0.2, 0.25) is 0 Å². The standard InChI is InChI=1S/C19H26N2/c1-4-16(5-2)19(17-9-7-6-8-10-17)21-14-18-13-20-12-11-15(18)3/h6-13,16,19,21H,4-5,14H2,1-3H3. The number of aromatic nitrogens is 1. The van der Waals surface area contributed by atoms with Gasteiger partial charge in [0, 0.05) is 25.0 Å². The van der Waals surface area contributed by atoms with E-state index in [1.807, 2.05) is 12.4 Å². The molecule has 0 fully saturated rings. The van der Waals surface area contributed by atoms with Gasteiger partial charge in [-0.15, -0.1) is 0 Å². The highest BCUT2D eigenvalue weighted by molar-refractivity contribution is 5.23. The zero-order valence-corrected chi connectivity index (χ0v) is 13.3. The van der Waals surface area contributed by atoms with Crippen molar-refractivity contribution in [2.75, 3.05) is 0 Å². The lowest BCUT2D eigenvalue weighted by atomic mass is 9.88. The normalized spacial score (nSPS) is 12.6. The fourth-order valence-electron chi connectivity index (χ4n) is 2.88. The molecular formula is C19H26N2. The topological polar surface area (TPSA) is 24.9 Å². The molecule has 0 aliphatic carbocycles. The second-order valence-corrected chi connectivity index (χ2v) is 5.65. The smallest absolute Gasteiger partial charge is 0.0351 e. The van der Waals surface area contributed by atoms with Gasteiger partial charge in [0.05, 0.1) is 0 Å². The first-order chi connectivity index (χ1) is 10.3. The van der Waals surface area contributed by atoms with Crippen molar-refractivity contribution in [3.05, 3.63) is 65.5 Å². The molecule has 1 heterocycles. The molecule has 0 radical (unpaired) electrons. The molecule has 2 heteroatoms. The van der Waals surface area contributed by atoms with Gasteiger partial charge in [-0.05, 0) is 35.6 Å². The summed E-state index contributed by atoms with van der Waals surface area (Å²) in [5, 5.41) is 3.76. The summed E-state index contributed by atoms with van der Waals surface area (Å²) in [7, 11) is 0. The van der Waals surface area contributed by atoms with E-state index < -0.39 is 0 Å². The number of hydrogen-bond acceptors (Lipinski definition) is 2. The van der Waals surface area contributed by atoms with Crippen molar-refractivity contribution in [1.29, 1.82) is 0 Å². The number of nitrogens with one attached hydrogen (secondary N) is 1. The fourth-order valence-corrected chi connectivity index (χ4v) is 2.88. The summed E-state index contributed by atoms with van der Waals surface area (Å²) in [6.45, 7) is 7.57. The maximum Gasteiger partial charge on any atom is 0.0351 e. The summed E-state index contributed by atoms with van der Waals surface area (Å²) in [6.07, 6.45) is 6.20. The molecule has 1 aromatic heterocycles. The Balaban J connectivity index is 2.15. The Morgan fingerprint density at radius 2 is 1.76 bits per heavy atom. The van der Waals surface area contributed by atoms with Crippen LogP contribution in [0.3, 0.4) is 0 Å². The zero-order valence-electron chi connectivity index (χ0n) is 13.3. The second kappa shape index (κ2) is 7.94. The van der Waals surface area contributed by atoms with Crippen LogP contribution in [-0.2, 0) is 6.54 Å². The molecule has 1 atom stereocenters. The first kappa shape index (κ1) is 15.7. The van der Waals surface area contributed by atoms with Crippen molar-refractivity contribution >= 4 is 0 Å². The molecule has 2 aromatic rings. The Labute approximate surface area is 128 Å². The van der Waals surface area contributed by atoms with E-state index >= 15 is 0 Å². The summed E-state index contributed by atoms with van der Waals surface area (Å²) in [4.78, 5) is 4.24. The van der Waals surface area contributed by atoms with Crippen LogP contribution in [0.15, 0.2) is 48.8 Å². The largest absolute Gasteiger partial charge is 0.306 e. The number of rotatable bonds is 7. The third kappa shape index (κ3) is 4.15. The van der Waals surface area contributed by atoms with Crippen molar-refractivity contribution in [2.45, 2.75) is 46.2 Å². The number of hydrogen-bond donors (Lipinski definition) is 1. The second-order valence-electron chi connectivity index (χ2n) is 5.65. The van der Waals surface area contributed by atoms with E-state index in [-0.39, 0.29) is 0 Å². The van der Waals surface area contributed by atoms with Crippen LogP contribution in [-0.4, -0.2) is 4.98 Å². The summed E-state index contributed by atoms with van der Waals surface area (Å²) in [5.41, 5.74) is 3.96. The van der Waals surface area contributed by atoms with Crippen molar-refractivity contribution in [3.63, 3.8) is 0 Å². The van der Waals surface area contributed by atoms with Crippen LogP contribution in [0.25, 0.3) is 0 Å². The molecule has 0 amide bonds. The van der Waals surface area contributed by atoms with Crippen molar-refractivity contribution in [3.8, 4) is 0 Å². The van der Waals surface area contributed by atoms with Crippen molar-refractivity contribution in [2.24, 2.45) is 5.92 Å². The summed E-state index contributed by atoms with van der Waals surface area (Å²) >= 11 is 0. The Bertz CT molecular complexity index is 532. The van der Waals surface area contributed by atoms with Gasteiger partial charge in [-0.1, -0.05) is 57.0 Å². The molecule has 2 nitrogen and oxygen atoms in total. The van der Waals surface area contributed by atoms with Crippen LogP contribution in [0.2, 0.25) is 0 Å². The van der Waals surface area contributed by atoms with E-state index in [9.17, 15) is 0 Å². The molecule has 0 aliphatic rings. The first-order valence-electron chi connectivity index (χ1n) is 7.94. The molecule has 0 spiro atoms. The predicted molar refractivity (Wildman–Crippen MR) is 89.1 cm³/mol. The van der Waals surface area contributed by atoms with Gasteiger partial charge < -0.3 is 5.32 Å². The SMILES string of the molecule is CCC(CC)C(NCc1cnccc1C)c1ccccc1. The summed E-state index contributed by atoms with van der Waals surface area (Å²) < 4.78 is 0. The van der Waals surface area contributed by atoms with Crippen LogP contribution in [0.5, 0.6) is 0 Å². The molecule has 0 aliphatic heterocycles. The Kier molecular flexibility index (Phi) is 5.94. The molecule has 1 unspecified atom stereocenters. The predicted octanol–water partition coefficient (Wildman–Crippen LogP) is 4.66. The van der Waals surface area contributed by atoms with Crippen LogP contribution in [0.4, 0.5) is 0 Å². The molecule has 0 bridgehead atoms. The van der Waals surface area contributed by atoms with E-state index in [0.29, 0.717) is 12.0 Å². The van der Waals surface area contributed by atoms with Crippen LogP contribution in [0, 0.1) is 12.8 Å². The van der Waals surface area contributed by atoms with Gasteiger partial charge in [-0.25, -0.2) is 0 Å². The molecule has 2 rings (SSSR count). The molecule has 0 saturated heterocycles. The lowest BCUT2D eigenvalue weighted by Gasteiger charge is -2.27. The summed E-state index contributed by atoms with van der Waals surface area (Å²) in [6, 6.07) is 13.3. The number of nitrogens with zero attached hydrogens (tertiary/aromatic N) is 1. The number of aryl methyl sites for hydroxylation is 1. The minimum Gasteiger partial charge on any atom is -0.306 e. The average molecular weight is 282 g/mol. The van der Waals surface area contributed by atoms with E-state index in [4.69, 9.17) is 0 Å². The Morgan fingerprint density at radius 1 is 1.05 bits per heavy atom. The molecular weight excluding hydrogens is 256 g/mol. The van der Waals surface area contributed by atoms with E-state index in [2.05, 4.69) is 67.5 Å². The van der Waals surface area contributed by atoms with Gasteiger partial charge >= 0.3 is 0 Å². The monoisotopic (exact) mass is 282 g/mol. The summed E-state index contributed by atoms with van der Waals surface area (Å²) in [5.74, 6) is 0.657. The van der Waals surface area contributed by atoms with Gasteiger partial charge in [-0.3, -0.25) is 4.98 Å². The van der Waals surface area contributed by atoms with E-state index in [0.717, 1.165) is 6.54 Å². The Hall–Kier alpha value is -1.67. The highest BCUT2D eigenvalue weighted by Crippen LogP contribution is 2.27. The third-order valence-corrected chi connectivity index (χ3v) is 4.34.